The molecule has 17 heavy (non-hydrogen) atoms. The molecule has 0 radical (unpaired) electrons. The highest BCUT2D eigenvalue weighted by Crippen LogP contribution is 2.31. The number of aromatic nitrogens is 2. The third-order valence-electron chi connectivity index (χ3n) is 2.73. The highest BCUT2D eigenvalue weighted by molar-refractivity contribution is 5.92. The molecule has 0 spiro atoms. The summed E-state index contributed by atoms with van der Waals surface area (Å²) in [5.41, 5.74) is 4.45. The van der Waals surface area contributed by atoms with Gasteiger partial charge in [-0.1, -0.05) is 0 Å². The van der Waals surface area contributed by atoms with E-state index in [1.54, 1.807) is 0 Å². The topological polar surface area (TPSA) is 121 Å². The Morgan fingerprint density at radius 2 is 2.18 bits per heavy atom. The number of aromatic amines is 2. The van der Waals surface area contributed by atoms with E-state index in [1.807, 2.05) is 4.98 Å². The van der Waals surface area contributed by atoms with Crippen LogP contribution in [0, 0.1) is 5.92 Å². The summed E-state index contributed by atoms with van der Waals surface area (Å²) >= 11 is 0. The van der Waals surface area contributed by atoms with Crippen LogP contribution in [0.5, 0.6) is 0 Å². The van der Waals surface area contributed by atoms with Crippen molar-refractivity contribution in [2.24, 2.45) is 11.7 Å². The van der Waals surface area contributed by atoms with Crippen molar-refractivity contribution in [3.8, 4) is 0 Å². The summed E-state index contributed by atoms with van der Waals surface area (Å²) in [6.45, 7) is 0.346. The van der Waals surface area contributed by atoms with Crippen LogP contribution in [0.1, 0.15) is 23.3 Å². The van der Waals surface area contributed by atoms with Crippen LogP contribution in [-0.4, -0.2) is 28.5 Å². The second kappa shape index (κ2) is 4.54. The molecule has 1 aliphatic carbocycles. The van der Waals surface area contributed by atoms with Crippen molar-refractivity contribution in [2.45, 2.75) is 18.9 Å². The number of H-pyrrole nitrogens is 2. The molecule has 0 aromatic carbocycles. The van der Waals surface area contributed by atoms with Crippen molar-refractivity contribution in [1.82, 2.24) is 15.3 Å². The molecular weight excluding hydrogens is 224 g/mol. The van der Waals surface area contributed by atoms with Crippen molar-refractivity contribution in [2.75, 3.05) is 6.54 Å². The van der Waals surface area contributed by atoms with E-state index in [2.05, 4.69) is 10.3 Å². The predicted molar refractivity (Wildman–Crippen MR) is 60.7 cm³/mol. The van der Waals surface area contributed by atoms with Gasteiger partial charge in [0.15, 0.2) is 0 Å². The van der Waals surface area contributed by atoms with Gasteiger partial charge >= 0.3 is 5.69 Å². The van der Waals surface area contributed by atoms with Gasteiger partial charge in [-0.2, -0.15) is 0 Å². The molecule has 1 saturated carbocycles. The Morgan fingerprint density at radius 3 is 2.76 bits per heavy atom. The largest absolute Gasteiger partial charge is 0.349 e. The van der Waals surface area contributed by atoms with Gasteiger partial charge in [0.25, 0.3) is 11.5 Å². The van der Waals surface area contributed by atoms with Crippen molar-refractivity contribution in [3.63, 3.8) is 0 Å². The molecule has 5 N–H and O–H groups in total. The highest BCUT2D eigenvalue weighted by Gasteiger charge is 2.28. The first-order valence-electron chi connectivity index (χ1n) is 5.43. The average Bonchev–Trinajstić information content (AvgIpc) is 3.07. The Balaban J connectivity index is 1.98. The monoisotopic (exact) mass is 238 g/mol. The molecule has 1 fully saturated rings. The lowest BCUT2D eigenvalue weighted by Gasteiger charge is -2.11. The van der Waals surface area contributed by atoms with E-state index < -0.39 is 17.2 Å². The summed E-state index contributed by atoms with van der Waals surface area (Å²) in [4.78, 5) is 37.8. The van der Waals surface area contributed by atoms with E-state index in [4.69, 9.17) is 5.73 Å². The molecule has 1 aliphatic rings. The molecule has 1 amide bonds. The summed E-state index contributed by atoms with van der Waals surface area (Å²) < 4.78 is 0. The van der Waals surface area contributed by atoms with Crippen LogP contribution in [-0.2, 0) is 0 Å². The standard InChI is InChI=1S/C10H14N4O3/c11-6(5-1-2-5)4-12-9(16)7-3-8(15)14-10(17)13-7/h3,5-6H,1-2,4,11H2,(H,12,16)(H2,13,14,15,17). The molecule has 0 bridgehead atoms. The second-order valence-corrected chi connectivity index (χ2v) is 4.21. The lowest BCUT2D eigenvalue weighted by molar-refractivity contribution is 0.0944. The molecular formula is C10H14N4O3. The zero-order valence-electron chi connectivity index (χ0n) is 9.16. The first-order chi connectivity index (χ1) is 8.06. The van der Waals surface area contributed by atoms with E-state index in [0.29, 0.717) is 12.5 Å². The molecule has 7 heteroatoms. The average molecular weight is 238 g/mol. The van der Waals surface area contributed by atoms with Crippen LogP contribution in [0.4, 0.5) is 0 Å². The Morgan fingerprint density at radius 1 is 1.47 bits per heavy atom. The van der Waals surface area contributed by atoms with Crippen LogP contribution < -0.4 is 22.3 Å². The molecule has 1 aromatic rings. The van der Waals surface area contributed by atoms with Crippen molar-refractivity contribution in [3.05, 3.63) is 32.6 Å². The fourth-order valence-corrected chi connectivity index (χ4v) is 1.59. The van der Waals surface area contributed by atoms with Crippen LogP contribution in [0.15, 0.2) is 15.7 Å². The molecule has 1 aromatic heterocycles. The molecule has 2 rings (SSSR count). The maximum absolute atomic E-state index is 11.6. The van der Waals surface area contributed by atoms with Gasteiger partial charge in [0, 0.05) is 18.7 Å². The van der Waals surface area contributed by atoms with E-state index >= 15 is 0 Å². The fraction of sp³-hybridized carbons (Fsp3) is 0.500. The first kappa shape index (κ1) is 11.6. The number of hydrogen-bond donors (Lipinski definition) is 4. The van der Waals surface area contributed by atoms with E-state index in [9.17, 15) is 14.4 Å². The molecule has 0 aliphatic heterocycles. The number of carbonyl (C=O) groups is 1. The fourth-order valence-electron chi connectivity index (χ4n) is 1.59. The molecule has 0 saturated heterocycles. The van der Waals surface area contributed by atoms with Crippen molar-refractivity contribution in [1.29, 1.82) is 0 Å². The summed E-state index contributed by atoms with van der Waals surface area (Å²) in [5.74, 6) is -0.0159. The Bertz CT molecular complexity index is 501. The minimum Gasteiger partial charge on any atom is -0.349 e. The van der Waals surface area contributed by atoms with Crippen LogP contribution >= 0.6 is 0 Å². The molecule has 1 heterocycles. The Hall–Kier alpha value is -1.89. The molecule has 1 atom stereocenters. The Kier molecular flexibility index (Phi) is 3.10. The summed E-state index contributed by atoms with van der Waals surface area (Å²) in [7, 11) is 0. The van der Waals surface area contributed by atoms with Crippen LogP contribution in [0.2, 0.25) is 0 Å². The predicted octanol–water partition coefficient (Wildman–Crippen LogP) is -1.47. The smallest absolute Gasteiger partial charge is 0.326 e. The number of nitrogens with two attached hydrogens (primary N) is 1. The van der Waals surface area contributed by atoms with Crippen LogP contribution in [0.3, 0.4) is 0 Å². The lowest BCUT2D eigenvalue weighted by Crippen LogP contribution is -2.40. The maximum atomic E-state index is 11.6. The normalized spacial score (nSPS) is 16.5. The zero-order valence-corrected chi connectivity index (χ0v) is 9.16. The van der Waals surface area contributed by atoms with Gasteiger partial charge in [-0.25, -0.2) is 4.79 Å². The van der Waals surface area contributed by atoms with Gasteiger partial charge in [-0.05, 0) is 18.8 Å². The van der Waals surface area contributed by atoms with E-state index in [-0.39, 0.29) is 11.7 Å². The van der Waals surface area contributed by atoms with Gasteiger partial charge in [-0.3, -0.25) is 14.6 Å². The van der Waals surface area contributed by atoms with Gasteiger partial charge in [-0.15, -0.1) is 0 Å². The van der Waals surface area contributed by atoms with Gasteiger partial charge < -0.3 is 16.0 Å². The Labute approximate surface area is 96.4 Å². The maximum Gasteiger partial charge on any atom is 0.326 e. The van der Waals surface area contributed by atoms with E-state index in [0.717, 1.165) is 18.9 Å². The third-order valence-corrected chi connectivity index (χ3v) is 2.73. The number of hydrogen-bond acceptors (Lipinski definition) is 4. The summed E-state index contributed by atoms with van der Waals surface area (Å²) in [6, 6.07) is 0.979. The van der Waals surface area contributed by atoms with Crippen LogP contribution in [0.25, 0.3) is 0 Å². The number of rotatable bonds is 4. The molecule has 92 valence electrons. The number of nitrogens with one attached hydrogen (secondary N) is 3. The van der Waals surface area contributed by atoms with Gasteiger partial charge in [0.05, 0.1) is 0 Å². The minimum absolute atomic E-state index is 0.0539. The van der Waals surface area contributed by atoms with Crippen molar-refractivity contribution < 1.29 is 4.79 Å². The quantitative estimate of drug-likeness (QED) is 0.511. The second-order valence-electron chi connectivity index (χ2n) is 4.21. The first-order valence-corrected chi connectivity index (χ1v) is 5.43. The highest BCUT2D eigenvalue weighted by atomic mass is 16.2. The number of carbonyl (C=O) groups excluding carboxylic acids is 1. The SMILES string of the molecule is NC(CNC(=O)c1cc(=O)[nH]c(=O)[nH]1)C1CC1. The summed E-state index contributed by atoms with van der Waals surface area (Å²) in [6.07, 6.45) is 2.19. The zero-order chi connectivity index (χ0) is 12.4. The molecule has 1 unspecified atom stereocenters. The summed E-state index contributed by atoms with van der Waals surface area (Å²) in [5, 5.41) is 2.59. The lowest BCUT2D eigenvalue weighted by atomic mass is 10.2. The van der Waals surface area contributed by atoms with Gasteiger partial charge in [0.2, 0.25) is 0 Å². The van der Waals surface area contributed by atoms with Crippen molar-refractivity contribution >= 4 is 5.91 Å². The third kappa shape index (κ3) is 3.04. The number of amides is 1. The minimum atomic E-state index is -0.700. The molecule has 7 nitrogen and oxygen atoms in total. The van der Waals surface area contributed by atoms with E-state index in [1.165, 1.54) is 0 Å². The van der Waals surface area contributed by atoms with Gasteiger partial charge in [0.1, 0.15) is 5.69 Å².